The van der Waals surface area contributed by atoms with Gasteiger partial charge in [0.15, 0.2) is 0 Å². The molecule has 0 saturated heterocycles. The highest BCUT2D eigenvalue weighted by molar-refractivity contribution is 8.76. The van der Waals surface area contributed by atoms with Crippen LogP contribution in [0.15, 0.2) is 33.7 Å². The molecule has 0 fully saturated rings. The van der Waals surface area contributed by atoms with Crippen molar-refractivity contribution in [3.63, 3.8) is 0 Å². The van der Waals surface area contributed by atoms with Gasteiger partial charge in [-0.1, -0.05) is 34.9 Å². The fourth-order valence-electron chi connectivity index (χ4n) is 1.62. The molecule has 2 amide bonds. The largest absolute Gasteiger partial charge is 0.351 e. The van der Waals surface area contributed by atoms with Gasteiger partial charge in [0.05, 0.1) is 13.5 Å². The first-order chi connectivity index (χ1) is 13.2. The summed E-state index contributed by atoms with van der Waals surface area (Å²) in [6.45, 7) is 4.06. The predicted molar refractivity (Wildman–Crippen MR) is 109 cm³/mol. The van der Waals surface area contributed by atoms with Crippen LogP contribution < -0.4 is 10.7 Å². The Labute approximate surface area is 162 Å². The van der Waals surface area contributed by atoms with E-state index < -0.39 is 0 Å². The van der Waals surface area contributed by atoms with Gasteiger partial charge in [-0.05, 0) is 18.6 Å². The van der Waals surface area contributed by atoms with Crippen molar-refractivity contribution in [1.82, 2.24) is 10.3 Å². The zero-order valence-corrected chi connectivity index (χ0v) is 16.3. The number of carbonyl (C=O) groups is 2. The Hall–Kier alpha value is -1.94. The van der Waals surface area contributed by atoms with Crippen molar-refractivity contribution >= 4 is 45.9 Å². The zero-order chi connectivity index (χ0) is 19.7. The number of amides is 2. The molecule has 0 radical (unpaired) electrons. The van der Waals surface area contributed by atoms with Gasteiger partial charge in [0.25, 0.3) is 11.8 Å². The Morgan fingerprint density at radius 1 is 1.35 bits per heavy atom. The van der Waals surface area contributed by atoms with E-state index in [1.807, 2.05) is 0 Å². The van der Waals surface area contributed by atoms with Crippen molar-refractivity contribution in [2.75, 3.05) is 30.0 Å². The van der Waals surface area contributed by atoms with Gasteiger partial charge in [0.1, 0.15) is 5.82 Å². The number of nitrogens with one attached hydrogen (secondary N) is 2. The molecule has 2 N–H and O–H groups in total. The molecule has 0 spiro atoms. The second kappa shape index (κ2) is 14.3. The van der Waals surface area contributed by atoms with Gasteiger partial charge in [0, 0.05) is 37.4 Å². The summed E-state index contributed by atoms with van der Waals surface area (Å²) in [7, 11) is 3.17. The summed E-state index contributed by atoms with van der Waals surface area (Å²) in [4.78, 5) is 27.5. The Morgan fingerprint density at radius 2 is 2.19 bits per heavy atom. The topological polar surface area (TPSA) is 108 Å². The summed E-state index contributed by atoms with van der Waals surface area (Å²) in [5.41, 5.74) is 3.00. The minimum atomic E-state index is -0.202. The molecule has 10 heteroatoms. The van der Waals surface area contributed by atoms with Crippen molar-refractivity contribution in [3.8, 4) is 0 Å². The van der Waals surface area contributed by atoms with Gasteiger partial charge < -0.3 is 5.32 Å². The highest BCUT2D eigenvalue weighted by Gasteiger charge is 2.05. The third kappa shape index (κ3) is 10.1. The van der Waals surface area contributed by atoms with Crippen LogP contribution in [0.25, 0.3) is 0 Å². The second-order valence-corrected chi connectivity index (χ2v) is 7.74. The molecule has 0 aliphatic carbocycles. The summed E-state index contributed by atoms with van der Waals surface area (Å²) in [6.07, 6.45) is 3.80. The molecular weight excluding hydrogens is 372 g/mol. The van der Waals surface area contributed by atoms with Gasteiger partial charge in [0.2, 0.25) is 0 Å². The van der Waals surface area contributed by atoms with Crippen LogP contribution in [-0.4, -0.2) is 48.1 Å². The number of anilines is 1. The number of pyridine rings is 1. The summed E-state index contributed by atoms with van der Waals surface area (Å²) in [6, 6.07) is 3.25. The summed E-state index contributed by atoms with van der Waals surface area (Å²) in [5, 5.41) is 13.8. The van der Waals surface area contributed by atoms with Crippen LogP contribution >= 0.6 is 21.6 Å². The number of aromatic nitrogens is 1. The molecule has 0 bridgehead atoms. The summed E-state index contributed by atoms with van der Waals surface area (Å²) >= 11 is 0. The number of hydrogen-bond acceptors (Lipinski definition) is 8. The molecule has 8 nitrogen and oxygen atoms in total. The Balaban J connectivity index is 2.09. The number of nitrogens with zero attached hydrogens (tertiary/aromatic N) is 4. The summed E-state index contributed by atoms with van der Waals surface area (Å²) in [5.74, 6) is 1.47. The average Bonchev–Trinajstić information content (AvgIpc) is 2.69. The van der Waals surface area contributed by atoms with E-state index in [4.69, 9.17) is 1.37 Å². The normalized spacial score (nSPS) is 11.7. The molecule has 26 heavy (non-hydrogen) atoms. The molecule has 0 aromatic carbocycles. The number of hydrogen-bond donors (Lipinski definition) is 2. The lowest BCUT2D eigenvalue weighted by Crippen LogP contribution is -2.25. The molecule has 0 aliphatic heterocycles. The van der Waals surface area contributed by atoms with Crippen LogP contribution in [0.3, 0.4) is 0 Å². The van der Waals surface area contributed by atoms with Gasteiger partial charge in [-0.25, -0.2) is 4.98 Å². The van der Waals surface area contributed by atoms with E-state index in [1.54, 1.807) is 33.7 Å². The van der Waals surface area contributed by atoms with Crippen molar-refractivity contribution in [2.24, 2.45) is 15.3 Å². The second-order valence-electron chi connectivity index (χ2n) is 5.04. The zero-order valence-electron chi connectivity index (χ0n) is 15.7. The fraction of sp³-hybridized carbons (Fsp3) is 0.500. The summed E-state index contributed by atoms with van der Waals surface area (Å²) < 4.78 is 6.79. The minimum Gasteiger partial charge on any atom is -0.351 e. The lowest BCUT2D eigenvalue weighted by molar-refractivity contribution is -0.117. The molecule has 0 aliphatic rings. The lowest BCUT2D eigenvalue weighted by atomic mass is 10.2. The van der Waals surface area contributed by atoms with Crippen molar-refractivity contribution < 1.29 is 11.0 Å². The maximum atomic E-state index is 12.0. The molecule has 142 valence electrons. The van der Waals surface area contributed by atoms with Gasteiger partial charge in [-0.15, -0.1) is 5.11 Å². The number of rotatable bonds is 13. The smallest absolute Gasteiger partial charge is 0.265 e. The van der Waals surface area contributed by atoms with E-state index in [0.29, 0.717) is 36.6 Å². The third-order valence-corrected chi connectivity index (χ3v) is 5.36. The van der Waals surface area contributed by atoms with Gasteiger partial charge in [-0.2, -0.15) is 10.2 Å². The predicted octanol–water partition coefficient (Wildman–Crippen LogP) is 3.39. The van der Waals surface area contributed by atoms with Crippen LogP contribution in [0, 0.1) is 0 Å². The third-order valence-electron chi connectivity index (χ3n) is 2.95. The minimum absolute atomic E-state index is 0.189. The van der Waals surface area contributed by atoms with Crippen LogP contribution in [0.1, 0.15) is 37.9 Å². The van der Waals surface area contributed by atoms with Crippen molar-refractivity contribution in [2.45, 2.75) is 26.2 Å². The SMILES string of the molecule is [3H]C=NNc1ccc(C(=O)NCCSSCCC(=O)N=NCCCC)cn1. The molecule has 1 rings (SSSR count). The van der Waals surface area contributed by atoms with E-state index >= 15 is 0 Å². The Kier molecular flexibility index (Phi) is 11.2. The number of unbranched alkanes of at least 4 members (excludes halogenated alkanes) is 1. The molecule has 0 unspecified atom stereocenters. The highest BCUT2D eigenvalue weighted by atomic mass is 33.1. The van der Waals surface area contributed by atoms with Gasteiger partial charge in [-0.3, -0.25) is 15.0 Å². The molecular formula is C16H24N6O2S2. The average molecular weight is 399 g/mol. The van der Waals surface area contributed by atoms with E-state index in [2.05, 4.69) is 38.0 Å². The molecule has 1 aromatic rings. The Bertz CT molecular complexity index is 628. The number of carbonyl (C=O) groups excluding carboxylic acids is 2. The van der Waals surface area contributed by atoms with E-state index in [9.17, 15) is 9.59 Å². The monoisotopic (exact) mass is 398 g/mol. The van der Waals surface area contributed by atoms with E-state index in [1.165, 1.54) is 6.20 Å². The first-order valence-corrected chi connectivity index (χ1v) is 10.7. The number of hydrazone groups is 1. The molecule has 1 aromatic heterocycles. The molecule has 0 saturated carbocycles. The van der Waals surface area contributed by atoms with Gasteiger partial charge >= 0.3 is 0 Å². The fourth-order valence-corrected chi connectivity index (χ4v) is 3.51. The van der Waals surface area contributed by atoms with Crippen molar-refractivity contribution in [1.29, 1.82) is 0 Å². The van der Waals surface area contributed by atoms with Crippen LogP contribution in [0.5, 0.6) is 0 Å². The number of azo groups is 1. The Morgan fingerprint density at radius 3 is 2.92 bits per heavy atom. The van der Waals surface area contributed by atoms with E-state index in [-0.39, 0.29) is 11.8 Å². The standard InChI is InChI=1S/C16H24N6O2S2/c1-3-4-8-20-22-15(23)7-10-25-26-11-9-18-16(24)13-5-6-14(19-12-13)21-17-2/h5-6,12H,2-4,7-11H2,1H3,(H,18,24)(H,19,21)/i2T. The molecule has 0 atom stereocenters. The quantitative estimate of drug-likeness (QED) is 0.173. The van der Waals surface area contributed by atoms with Crippen molar-refractivity contribution in [3.05, 3.63) is 23.9 Å². The van der Waals surface area contributed by atoms with Crippen LogP contribution in [0.4, 0.5) is 5.82 Å². The maximum absolute atomic E-state index is 12.0. The molecule has 1 heterocycles. The maximum Gasteiger partial charge on any atom is 0.265 e. The van der Waals surface area contributed by atoms with Crippen LogP contribution in [-0.2, 0) is 4.79 Å². The lowest BCUT2D eigenvalue weighted by Gasteiger charge is -2.05. The highest BCUT2D eigenvalue weighted by Crippen LogP contribution is 2.21. The van der Waals surface area contributed by atoms with E-state index in [0.717, 1.165) is 25.3 Å². The first kappa shape index (κ1) is 20.4. The first-order valence-electron chi connectivity index (χ1n) is 8.80. The van der Waals surface area contributed by atoms with Crippen LogP contribution in [0.2, 0.25) is 0 Å².